The van der Waals surface area contributed by atoms with Crippen LogP contribution in [0.5, 0.6) is 0 Å². The Morgan fingerprint density at radius 1 is 1.31 bits per heavy atom. The van der Waals surface area contributed by atoms with Crippen LogP contribution in [-0.2, 0) is 9.53 Å². The summed E-state index contributed by atoms with van der Waals surface area (Å²) in [6, 6.07) is 0.179. The van der Waals surface area contributed by atoms with Crippen LogP contribution >= 0.6 is 0 Å². The van der Waals surface area contributed by atoms with Crippen LogP contribution in [0.4, 0.5) is 0 Å². The van der Waals surface area contributed by atoms with Crippen molar-refractivity contribution in [3.63, 3.8) is 0 Å². The van der Waals surface area contributed by atoms with E-state index in [1.165, 1.54) is 0 Å². The lowest BCUT2D eigenvalue weighted by Crippen LogP contribution is -2.50. The quantitative estimate of drug-likeness (QED) is 0.712. The fourth-order valence-electron chi connectivity index (χ4n) is 1.51. The summed E-state index contributed by atoms with van der Waals surface area (Å²) in [5.41, 5.74) is 0. The Balaban J connectivity index is 4.28. The molecule has 0 aromatic carbocycles. The second-order valence-corrected chi connectivity index (χ2v) is 4.80. The van der Waals surface area contributed by atoms with E-state index in [0.717, 1.165) is 13.0 Å². The number of nitrogens with zero attached hydrogens (tertiary/aromatic N) is 1. The summed E-state index contributed by atoms with van der Waals surface area (Å²) in [4.78, 5) is 13.6. The molecule has 0 radical (unpaired) electrons. The smallest absolute Gasteiger partial charge is 0.239 e. The molecule has 0 aliphatic heterocycles. The van der Waals surface area contributed by atoms with Crippen molar-refractivity contribution in [1.82, 2.24) is 10.2 Å². The monoisotopic (exact) mass is 230 g/mol. The highest BCUT2D eigenvalue weighted by Crippen LogP contribution is 2.06. The Kier molecular flexibility index (Phi) is 7.34. The van der Waals surface area contributed by atoms with E-state index in [1.54, 1.807) is 26.1 Å². The maximum absolute atomic E-state index is 11.9. The van der Waals surface area contributed by atoms with Crippen molar-refractivity contribution in [2.24, 2.45) is 5.92 Å². The van der Waals surface area contributed by atoms with Gasteiger partial charge < -0.3 is 15.0 Å². The Morgan fingerprint density at radius 2 is 1.88 bits per heavy atom. The van der Waals surface area contributed by atoms with Crippen LogP contribution in [0.2, 0.25) is 0 Å². The van der Waals surface area contributed by atoms with E-state index in [2.05, 4.69) is 26.1 Å². The molecule has 0 fully saturated rings. The summed E-state index contributed by atoms with van der Waals surface area (Å²) < 4.78 is 5.03. The van der Waals surface area contributed by atoms with Crippen molar-refractivity contribution in [3.05, 3.63) is 0 Å². The second kappa shape index (κ2) is 7.63. The van der Waals surface area contributed by atoms with E-state index < -0.39 is 0 Å². The third-order valence-corrected chi connectivity index (χ3v) is 2.59. The van der Waals surface area contributed by atoms with Crippen molar-refractivity contribution in [1.29, 1.82) is 0 Å². The summed E-state index contributed by atoms with van der Waals surface area (Å²) in [6.07, 6.45) is 0.917. The average molecular weight is 230 g/mol. The number of nitrogens with one attached hydrogen (secondary N) is 1. The first kappa shape index (κ1) is 15.4. The molecular weight excluding hydrogens is 204 g/mol. The number of amides is 1. The zero-order valence-corrected chi connectivity index (χ0v) is 11.4. The molecule has 0 spiro atoms. The largest absolute Gasteiger partial charge is 0.385 e. The number of hydrogen-bond acceptors (Lipinski definition) is 3. The van der Waals surface area contributed by atoms with E-state index in [4.69, 9.17) is 4.74 Å². The molecule has 1 N–H and O–H groups in total. The molecule has 1 amide bonds. The van der Waals surface area contributed by atoms with Crippen molar-refractivity contribution in [2.75, 3.05) is 27.8 Å². The van der Waals surface area contributed by atoms with E-state index in [9.17, 15) is 4.79 Å². The highest BCUT2D eigenvalue weighted by atomic mass is 16.5. The molecular formula is C12H26N2O2. The highest BCUT2D eigenvalue weighted by Gasteiger charge is 2.24. The van der Waals surface area contributed by atoms with Gasteiger partial charge >= 0.3 is 0 Å². The molecule has 0 aliphatic carbocycles. The third kappa shape index (κ3) is 5.47. The topological polar surface area (TPSA) is 41.6 Å². The Hall–Kier alpha value is -0.610. The van der Waals surface area contributed by atoms with Gasteiger partial charge in [0.2, 0.25) is 5.91 Å². The van der Waals surface area contributed by atoms with Gasteiger partial charge in [-0.25, -0.2) is 0 Å². The summed E-state index contributed by atoms with van der Waals surface area (Å²) in [5.74, 6) is 0.430. The highest BCUT2D eigenvalue weighted by molar-refractivity contribution is 5.81. The molecule has 0 heterocycles. The molecule has 0 bridgehead atoms. The fraction of sp³-hybridized carbons (Fsp3) is 0.917. The lowest BCUT2D eigenvalue weighted by molar-refractivity contribution is -0.132. The Morgan fingerprint density at radius 3 is 2.25 bits per heavy atom. The molecule has 0 rings (SSSR count). The van der Waals surface area contributed by atoms with Gasteiger partial charge in [-0.2, -0.15) is 0 Å². The predicted octanol–water partition coefficient (Wildman–Crippen LogP) is 1.11. The second-order valence-electron chi connectivity index (χ2n) is 4.80. The first-order valence-corrected chi connectivity index (χ1v) is 5.86. The minimum absolute atomic E-state index is 0.109. The van der Waals surface area contributed by atoms with Gasteiger partial charge in [0.25, 0.3) is 0 Å². The molecule has 16 heavy (non-hydrogen) atoms. The van der Waals surface area contributed by atoms with Crippen LogP contribution in [0.3, 0.4) is 0 Å². The van der Waals surface area contributed by atoms with Gasteiger partial charge in [0.1, 0.15) is 0 Å². The summed E-state index contributed by atoms with van der Waals surface area (Å²) in [7, 11) is 5.27. The van der Waals surface area contributed by atoms with Gasteiger partial charge in [-0.3, -0.25) is 4.79 Å². The minimum atomic E-state index is -0.109. The first-order valence-electron chi connectivity index (χ1n) is 5.86. The van der Waals surface area contributed by atoms with Gasteiger partial charge in [-0.1, -0.05) is 13.8 Å². The maximum atomic E-state index is 11.9. The SMILES string of the molecule is COCCC(C)NC(C(=O)N(C)C)C(C)C. The third-order valence-electron chi connectivity index (χ3n) is 2.59. The lowest BCUT2D eigenvalue weighted by Gasteiger charge is -2.27. The van der Waals surface area contributed by atoms with Gasteiger partial charge in [-0.15, -0.1) is 0 Å². The number of likely N-dealkylation sites (N-methyl/N-ethyl adjacent to an activating group) is 1. The molecule has 2 atom stereocenters. The summed E-state index contributed by atoms with van der Waals surface area (Å²) in [6.45, 7) is 6.91. The number of methoxy groups -OCH3 is 1. The predicted molar refractivity (Wildman–Crippen MR) is 66.4 cm³/mol. The van der Waals surface area contributed by atoms with Gasteiger partial charge in [-0.05, 0) is 19.3 Å². The standard InChI is InChI=1S/C12H26N2O2/c1-9(2)11(12(15)14(4)5)13-10(3)7-8-16-6/h9-11,13H,7-8H2,1-6H3. The summed E-state index contributed by atoms with van der Waals surface area (Å²) >= 11 is 0. The van der Waals surface area contributed by atoms with Crippen molar-refractivity contribution in [3.8, 4) is 0 Å². The zero-order valence-electron chi connectivity index (χ0n) is 11.4. The maximum Gasteiger partial charge on any atom is 0.239 e. The molecule has 96 valence electrons. The Bertz CT molecular complexity index is 205. The number of carbonyl (C=O) groups excluding carboxylic acids is 1. The van der Waals surface area contributed by atoms with Crippen molar-refractivity contribution >= 4 is 5.91 Å². The molecule has 0 saturated heterocycles. The van der Waals surface area contributed by atoms with Crippen LogP contribution in [0, 0.1) is 5.92 Å². The molecule has 0 aliphatic rings. The van der Waals surface area contributed by atoms with Gasteiger partial charge in [0.15, 0.2) is 0 Å². The van der Waals surface area contributed by atoms with Crippen LogP contribution in [0.25, 0.3) is 0 Å². The van der Waals surface area contributed by atoms with Crippen molar-refractivity contribution < 1.29 is 9.53 Å². The molecule has 4 heteroatoms. The van der Waals surface area contributed by atoms with E-state index in [0.29, 0.717) is 5.92 Å². The minimum Gasteiger partial charge on any atom is -0.385 e. The molecule has 0 aromatic rings. The number of carbonyl (C=O) groups is 1. The number of rotatable bonds is 7. The molecule has 0 saturated carbocycles. The van der Waals surface area contributed by atoms with E-state index in [-0.39, 0.29) is 18.0 Å². The van der Waals surface area contributed by atoms with Crippen LogP contribution < -0.4 is 5.32 Å². The summed E-state index contributed by atoms with van der Waals surface area (Å²) in [5, 5.41) is 3.36. The molecule has 4 nitrogen and oxygen atoms in total. The normalized spacial score (nSPS) is 14.9. The number of ether oxygens (including phenoxy) is 1. The van der Waals surface area contributed by atoms with Crippen LogP contribution in [0.1, 0.15) is 27.2 Å². The zero-order chi connectivity index (χ0) is 12.7. The fourth-order valence-corrected chi connectivity index (χ4v) is 1.51. The van der Waals surface area contributed by atoms with Crippen molar-refractivity contribution in [2.45, 2.75) is 39.3 Å². The Labute approximate surface area is 99.3 Å². The van der Waals surface area contributed by atoms with Crippen LogP contribution in [-0.4, -0.2) is 50.7 Å². The first-order chi connectivity index (χ1) is 7.40. The lowest BCUT2D eigenvalue weighted by atomic mass is 10.0. The molecule has 2 unspecified atom stereocenters. The van der Waals surface area contributed by atoms with E-state index in [1.807, 2.05) is 0 Å². The van der Waals surface area contributed by atoms with Gasteiger partial charge in [0, 0.05) is 33.9 Å². The average Bonchev–Trinajstić information content (AvgIpc) is 2.21. The number of hydrogen-bond donors (Lipinski definition) is 1. The van der Waals surface area contributed by atoms with Gasteiger partial charge in [0.05, 0.1) is 6.04 Å². The van der Waals surface area contributed by atoms with E-state index >= 15 is 0 Å². The molecule has 0 aromatic heterocycles. The van der Waals surface area contributed by atoms with Crippen LogP contribution in [0.15, 0.2) is 0 Å².